The van der Waals surface area contributed by atoms with E-state index >= 15 is 0 Å². The molecule has 0 atom stereocenters. The highest BCUT2D eigenvalue weighted by Gasteiger charge is 2.19. The lowest BCUT2D eigenvalue weighted by molar-refractivity contribution is 0.121. The molecule has 2 aliphatic rings. The van der Waals surface area contributed by atoms with Crippen LogP contribution in [0.1, 0.15) is 5.76 Å². The van der Waals surface area contributed by atoms with Crippen LogP contribution in [0.25, 0.3) is 11.3 Å². The Balaban J connectivity index is 1.33. The van der Waals surface area contributed by atoms with Crippen LogP contribution in [-0.4, -0.2) is 68.8 Å². The summed E-state index contributed by atoms with van der Waals surface area (Å²) in [7, 11) is 0. The number of anilines is 3. The molecule has 4 heterocycles. The zero-order valence-electron chi connectivity index (χ0n) is 18.1. The van der Waals surface area contributed by atoms with Gasteiger partial charge in [-0.25, -0.2) is 0 Å². The predicted octanol–water partition coefficient (Wildman–Crippen LogP) is 3.51. The molecule has 2 fully saturated rings. The maximum atomic E-state index is 6.08. The average Bonchev–Trinajstić information content (AvgIpc) is 3.34. The lowest BCUT2D eigenvalue weighted by atomic mass is 10.2. The molecule has 5 rings (SSSR count). The van der Waals surface area contributed by atoms with Crippen LogP contribution in [0.15, 0.2) is 52.0 Å². The Labute approximate surface area is 197 Å². The molecule has 2 aliphatic heterocycles. The highest BCUT2D eigenvalue weighted by Crippen LogP contribution is 2.25. The third kappa shape index (κ3) is 5.44. The maximum absolute atomic E-state index is 6.08. The third-order valence-corrected chi connectivity index (χ3v) is 5.67. The molecule has 2 aromatic heterocycles. The number of rotatable bonds is 6. The molecule has 1 aromatic carbocycles. The van der Waals surface area contributed by atoms with E-state index in [9.17, 15) is 0 Å². The minimum atomic E-state index is 0.617. The summed E-state index contributed by atoms with van der Waals surface area (Å²) in [5, 5.41) is 5.00. The number of hydrazone groups is 1. The van der Waals surface area contributed by atoms with E-state index in [1.54, 1.807) is 6.21 Å². The van der Waals surface area contributed by atoms with E-state index < -0.39 is 0 Å². The van der Waals surface area contributed by atoms with Gasteiger partial charge >= 0.3 is 0 Å². The molecule has 172 valence electrons. The van der Waals surface area contributed by atoms with Crippen molar-refractivity contribution in [3.8, 4) is 11.3 Å². The molecular weight excluding hydrogens is 444 g/mol. The fourth-order valence-corrected chi connectivity index (χ4v) is 3.91. The second-order valence-corrected chi connectivity index (χ2v) is 8.13. The molecule has 0 bridgehead atoms. The summed E-state index contributed by atoms with van der Waals surface area (Å²) in [5.41, 5.74) is 3.94. The molecule has 33 heavy (non-hydrogen) atoms. The molecule has 9 nitrogen and oxygen atoms in total. The molecule has 1 N–H and O–H groups in total. The van der Waals surface area contributed by atoms with E-state index in [-0.39, 0.29) is 0 Å². The molecular formula is C23H25ClN6O3. The lowest BCUT2D eigenvalue weighted by Gasteiger charge is -2.31. The van der Waals surface area contributed by atoms with Gasteiger partial charge in [0.2, 0.25) is 5.95 Å². The van der Waals surface area contributed by atoms with Gasteiger partial charge in [-0.15, -0.1) is 0 Å². The number of ether oxygens (including phenoxy) is 2. The van der Waals surface area contributed by atoms with Crippen molar-refractivity contribution in [1.29, 1.82) is 0 Å². The number of benzene rings is 1. The Morgan fingerprint density at radius 3 is 2.42 bits per heavy atom. The highest BCUT2D eigenvalue weighted by molar-refractivity contribution is 6.30. The van der Waals surface area contributed by atoms with Crippen LogP contribution in [0.4, 0.5) is 17.6 Å². The van der Waals surface area contributed by atoms with Crippen molar-refractivity contribution in [2.45, 2.75) is 0 Å². The second-order valence-electron chi connectivity index (χ2n) is 7.69. The summed E-state index contributed by atoms with van der Waals surface area (Å²) in [6.07, 6.45) is 1.62. The van der Waals surface area contributed by atoms with Crippen LogP contribution in [0.3, 0.4) is 0 Å². The molecule has 0 saturated carbocycles. The van der Waals surface area contributed by atoms with Gasteiger partial charge in [-0.2, -0.15) is 15.1 Å². The van der Waals surface area contributed by atoms with Gasteiger partial charge in [-0.1, -0.05) is 23.7 Å². The van der Waals surface area contributed by atoms with Gasteiger partial charge in [0.25, 0.3) is 0 Å². The van der Waals surface area contributed by atoms with E-state index in [4.69, 9.17) is 30.5 Å². The Morgan fingerprint density at radius 1 is 0.909 bits per heavy atom. The van der Waals surface area contributed by atoms with Crippen molar-refractivity contribution >= 4 is 35.4 Å². The van der Waals surface area contributed by atoms with Crippen molar-refractivity contribution in [2.24, 2.45) is 5.10 Å². The fraction of sp³-hybridized carbons (Fsp3) is 0.348. The van der Waals surface area contributed by atoms with Gasteiger partial charge in [-0.05, 0) is 24.3 Å². The van der Waals surface area contributed by atoms with Crippen LogP contribution >= 0.6 is 11.6 Å². The lowest BCUT2D eigenvalue weighted by Crippen LogP contribution is -2.39. The van der Waals surface area contributed by atoms with E-state index in [0.29, 0.717) is 49.0 Å². The van der Waals surface area contributed by atoms with Crippen LogP contribution in [0.2, 0.25) is 5.02 Å². The monoisotopic (exact) mass is 468 g/mol. The quantitative estimate of drug-likeness (QED) is 0.434. The van der Waals surface area contributed by atoms with Crippen LogP contribution in [0, 0.1) is 0 Å². The van der Waals surface area contributed by atoms with Gasteiger partial charge in [-0.3, -0.25) is 5.43 Å². The van der Waals surface area contributed by atoms with Crippen molar-refractivity contribution in [2.75, 3.05) is 67.8 Å². The van der Waals surface area contributed by atoms with Crippen molar-refractivity contribution in [3.63, 3.8) is 0 Å². The Hall–Kier alpha value is -3.14. The molecule has 0 radical (unpaired) electrons. The first-order valence-corrected chi connectivity index (χ1v) is 11.3. The summed E-state index contributed by atoms with van der Waals surface area (Å²) < 4.78 is 16.8. The number of aromatic nitrogens is 2. The number of furan rings is 1. The minimum absolute atomic E-state index is 0.617. The van der Waals surface area contributed by atoms with Crippen molar-refractivity contribution < 1.29 is 13.9 Å². The fourth-order valence-electron chi connectivity index (χ4n) is 3.72. The minimum Gasteiger partial charge on any atom is -0.455 e. The molecule has 0 aliphatic carbocycles. The summed E-state index contributed by atoms with van der Waals surface area (Å²) in [4.78, 5) is 13.8. The smallest absolute Gasteiger partial charge is 0.229 e. The summed E-state index contributed by atoms with van der Waals surface area (Å²) >= 11 is 6.08. The van der Waals surface area contributed by atoms with Crippen molar-refractivity contribution in [3.05, 3.63) is 53.2 Å². The number of nitrogens with zero attached hydrogens (tertiary/aromatic N) is 5. The van der Waals surface area contributed by atoms with E-state index in [1.165, 1.54) is 0 Å². The maximum Gasteiger partial charge on any atom is 0.229 e. The molecule has 0 amide bonds. The normalized spacial score (nSPS) is 17.0. The number of nitrogens with one attached hydrogen (secondary N) is 1. The molecule has 0 spiro atoms. The number of hydrogen-bond donors (Lipinski definition) is 1. The van der Waals surface area contributed by atoms with Gasteiger partial charge < -0.3 is 23.7 Å². The first-order chi connectivity index (χ1) is 16.2. The summed E-state index contributed by atoms with van der Waals surface area (Å²) in [6.45, 7) is 5.80. The van der Waals surface area contributed by atoms with Crippen LogP contribution < -0.4 is 15.2 Å². The third-order valence-electron chi connectivity index (χ3n) is 5.44. The molecule has 2 saturated heterocycles. The SMILES string of the molecule is Clc1cccc(-c2ccc(C=NNc3cc(N4CCOCC4)nc(N4CCOCC4)n3)o2)c1. The Kier molecular flexibility index (Phi) is 6.71. The second kappa shape index (κ2) is 10.2. The number of morpholine rings is 2. The Bertz CT molecular complexity index is 1070. The first kappa shape index (κ1) is 21.7. The van der Waals surface area contributed by atoms with Crippen molar-refractivity contribution in [1.82, 2.24) is 9.97 Å². The highest BCUT2D eigenvalue weighted by atomic mass is 35.5. The molecule has 3 aromatic rings. The Morgan fingerprint density at radius 2 is 1.67 bits per heavy atom. The molecule has 10 heteroatoms. The topological polar surface area (TPSA) is 88.2 Å². The summed E-state index contributed by atoms with van der Waals surface area (Å²) in [6, 6.07) is 13.2. The zero-order valence-corrected chi connectivity index (χ0v) is 18.9. The summed E-state index contributed by atoms with van der Waals surface area (Å²) in [5.74, 6) is 3.49. The van der Waals surface area contributed by atoms with Gasteiger partial charge in [0, 0.05) is 42.8 Å². The predicted molar refractivity (Wildman–Crippen MR) is 128 cm³/mol. The zero-order chi connectivity index (χ0) is 22.5. The van der Waals surface area contributed by atoms with Gasteiger partial charge in [0.1, 0.15) is 17.3 Å². The van der Waals surface area contributed by atoms with E-state index in [2.05, 4.69) is 25.3 Å². The largest absolute Gasteiger partial charge is 0.455 e. The first-order valence-electron chi connectivity index (χ1n) is 10.9. The van der Waals surface area contributed by atoms with E-state index in [0.717, 1.165) is 43.3 Å². The number of halogens is 1. The number of hydrogen-bond acceptors (Lipinski definition) is 9. The average molecular weight is 469 g/mol. The van der Waals surface area contributed by atoms with Gasteiger partial charge in [0.15, 0.2) is 5.82 Å². The van der Waals surface area contributed by atoms with Crippen LogP contribution in [-0.2, 0) is 9.47 Å². The molecule has 0 unspecified atom stereocenters. The van der Waals surface area contributed by atoms with Crippen LogP contribution in [0.5, 0.6) is 0 Å². The standard InChI is InChI=1S/C23H25ClN6O3/c24-18-3-1-2-17(14-18)20-5-4-19(33-20)16-25-28-21-15-22(29-6-10-31-11-7-29)27-23(26-21)30-8-12-32-13-9-30/h1-5,14-16H,6-13H2,(H,26,27,28). The van der Waals surface area contributed by atoms with E-state index in [1.807, 2.05) is 42.5 Å². The van der Waals surface area contributed by atoms with Gasteiger partial charge in [0.05, 0.1) is 32.6 Å².